The van der Waals surface area contributed by atoms with Crippen molar-refractivity contribution in [1.82, 2.24) is 10.2 Å². The van der Waals surface area contributed by atoms with Gasteiger partial charge in [-0.15, -0.1) is 0 Å². The molecule has 0 saturated carbocycles. The Bertz CT molecular complexity index is 745. The van der Waals surface area contributed by atoms with Crippen molar-refractivity contribution in [3.8, 4) is 5.75 Å². The third kappa shape index (κ3) is 2.63. The summed E-state index contributed by atoms with van der Waals surface area (Å²) in [7, 11) is 0. The van der Waals surface area contributed by atoms with Gasteiger partial charge in [0.05, 0.1) is 5.56 Å². The van der Waals surface area contributed by atoms with E-state index in [4.69, 9.17) is 10.2 Å². The number of halogens is 3. The maximum absolute atomic E-state index is 13.5. The molecule has 0 aliphatic rings. The van der Waals surface area contributed by atoms with E-state index in [1.54, 1.807) is 0 Å². The van der Waals surface area contributed by atoms with Crippen molar-refractivity contribution in [3.05, 3.63) is 40.8 Å². The number of hydrogen-bond donors (Lipinski definition) is 4. The molecule has 0 spiro atoms. The Morgan fingerprint density at radius 1 is 1.19 bits per heavy atom. The third-order valence-corrected chi connectivity index (χ3v) is 2.43. The highest BCUT2D eigenvalue weighted by atomic mass is 19.2. The van der Waals surface area contributed by atoms with Gasteiger partial charge in [0.25, 0.3) is 5.91 Å². The molecule has 7 nitrogen and oxygen atoms in total. The monoisotopic (exact) mass is 301 g/mol. The van der Waals surface area contributed by atoms with Crippen LogP contribution in [0.15, 0.2) is 12.1 Å². The Morgan fingerprint density at radius 3 is 2.43 bits per heavy atom. The van der Waals surface area contributed by atoms with Gasteiger partial charge in [-0.3, -0.25) is 9.89 Å². The van der Waals surface area contributed by atoms with E-state index in [1.807, 2.05) is 5.32 Å². The van der Waals surface area contributed by atoms with Crippen molar-refractivity contribution < 1.29 is 33.0 Å². The smallest absolute Gasteiger partial charge is 0.353 e. The number of carboxylic acids is 1. The summed E-state index contributed by atoms with van der Waals surface area (Å²) in [5.74, 6) is -9.59. The molecule has 0 aliphatic heterocycles. The topological polar surface area (TPSA) is 115 Å². The third-order valence-electron chi connectivity index (χ3n) is 2.43. The van der Waals surface area contributed by atoms with Crippen molar-refractivity contribution in [3.63, 3.8) is 0 Å². The van der Waals surface area contributed by atoms with Crippen LogP contribution >= 0.6 is 0 Å². The summed E-state index contributed by atoms with van der Waals surface area (Å²) >= 11 is 0. The van der Waals surface area contributed by atoms with Crippen LogP contribution in [0.4, 0.5) is 19.0 Å². The second-order valence-corrected chi connectivity index (χ2v) is 3.81. The van der Waals surface area contributed by atoms with Crippen molar-refractivity contribution in [2.24, 2.45) is 0 Å². The lowest BCUT2D eigenvalue weighted by atomic mass is 10.1. The number of aromatic amines is 1. The van der Waals surface area contributed by atoms with Gasteiger partial charge in [0.1, 0.15) is 5.69 Å². The highest BCUT2D eigenvalue weighted by Crippen LogP contribution is 2.26. The summed E-state index contributed by atoms with van der Waals surface area (Å²) in [5.41, 5.74) is -1.31. The van der Waals surface area contributed by atoms with E-state index >= 15 is 0 Å². The largest absolute Gasteiger partial charge is 0.503 e. The molecule has 0 fully saturated rings. The fraction of sp³-hybridized carbons (Fsp3) is 0. The van der Waals surface area contributed by atoms with Crippen molar-refractivity contribution in [2.75, 3.05) is 5.32 Å². The van der Waals surface area contributed by atoms with E-state index in [2.05, 4.69) is 10.2 Å². The molecule has 1 aromatic carbocycles. The minimum Gasteiger partial charge on any atom is -0.503 e. The number of carbonyl (C=O) groups excluding carboxylic acids is 1. The predicted molar refractivity (Wildman–Crippen MR) is 61.5 cm³/mol. The predicted octanol–water partition coefficient (Wildman–Crippen LogP) is 1.48. The summed E-state index contributed by atoms with van der Waals surface area (Å²) in [5, 5.41) is 25.1. The zero-order chi connectivity index (χ0) is 15.7. The molecule has 0 bridgehead atoms. The number of aromatic hydroxyl groups is 1. The van der Waals surface area contributed by atoms with Gasteiger partial charge < -0.3 is 15.5 Å². The minimum atomic E-state index is -1.82. The van der Waals surface area contributed by atoms with E-state index in [-0.39, 0.29) is 17.6 Å². The molecule has 10 heteroatoms. The molecule has 2 aromatic rings. The van der Waals surface area contributed by atoms with E-state index in [9.17, 15) is 22.8 Å². The van der Waals surface area contributed by atoms with Crippen LogP contribution in [0.2, 0.25) is 0 Å². The lowest BCUT2D eigenvalue weighted by Gasteiger charge is -2.06. The van der Waals surface area contributed by atoms with Gasteiger partial charge in [-0.2, -0.15) is 9.49 Å². The molecule has 21 heavy (non-hydrogen) atoms. The molecule has 0 saturated heterocycles. The van der Waals surface area contributed by atoms with Crippen LogP contribution in [0.3, 0.4) is 0 Å². The van der Waals surface area contributed by atoms with Crippen molar-refractivity contribution in [1.29, 1.82) is 0 Å². The highest BCUT2D eigenvalue weighted by Gasteiger charge is 2.23. The van der Waals surface area contributed by atoms with E-state index in [0.717, 1.165) is 6.07 Å². The van der Waals surface area contributed by atoms with Gasteiger partial charge >= 0.3 is 5.97 Å². The quantitative estimate of drug-likeness (QED) is 0.641. The van der Waals surface area contributed by atoms with Gasteiger partial charge in [-0.25, -0.2) is 13.6 Å². The fourth-order valence-electron chi connectivity index (χ4n) is 1.43. The van der Waals surface area contributed by atoms with Gasteiger partial charge in [-0.05, 0) is 6.07 Å². The molecule has 1 aromatic heterocycles. The molecule has 110 valence electrons. The standard InChI is InChI=1S/C11H6F3N3O4/c12-4-1-3(7(13)9(18)8(4)14)10(19)15-6-2-5(11(20)21)16-17-6/h1-2,18H,(H,20,21)(H2,15,16,17,19). The zero-order valence-corrected chi connectivity index (χ0v) is 9.95. The molecule has 0 unspecified atom stereocenters. The number of rotatable bonds is 3. The zero-order valence-electron chi connectivity index (χ0n) is 9.95. The number of nitrogens with one attached hydrogen (secondary N) is 2. The van der Waals surface area contributed by atoms with Crippen molar-refractivity contribution >= 4 is 17.7 Å². The number of benzene rings is 1. The maximum Gasteiger partial charge on any atom is 0.353 e. The first kappa shape index (κ1) is 14.4. The van der Waals surface area contributed by atoms with Gasteiger partial charge in [0.2, 0.25) is 5.82 Å². The first-order chi connectivity index (χ1) is 9.81. The SMILES string of the molecule is O=C(O)c1cc(NC(=O)c2cc(F)c(F)c(O)c2F)n[nH]1. The van der Waals surface area contributed by atoms with Gasteiger partial charge in [-0.1, -0.05) is 0 Å². The molecule has 2 rings (SSSR count). The Hall–Kier alpha value is -3.04. The Balaban J connectivity index is 2.30. The number of phenolic OH excluding ortho intramolecular Hbond substituents is 1. The maximum atomic E-state index is 13.5. The van der Waals surface area contributed by atoms with Crippen LogP contribution in [0.1, 0.15) is 20.8 Å². The minimum absolute atomic E-state index is 0.254. The molecular weight excluding hydrogens is 295 g/mol. The van der Waals surface area contributed by atoms with Crippen LogP contribution in [0, 0.1) is 17.5 Å². The Kier molecular flexibility index (Phi) is 3.52. The number of hydrogen-bond acceptors (Lipinski definition) is 4. The Morgan fingerprint density at radius 2 is 1.86 bits per heavy atom. The summed E-state index contributed by atoms with van der Waals surface area (Å²) in [6.07, 6.45) is 0. The van der Waals surface area contributed by atoms with Gasteiger partial charge in [0, 0.05) is 6.07 Å². The Labute approximate surface area is 114 Å². The molecule has 0 atom stereocenters. The number of nitrogens with zero attached hydrogens (tertiary/aromatic N) is 1. The molecule has 0 aliphatic carbocycles. The number of carbonyl (C=O) groups is 2. The summed E-state index contributed by atoms with van der Waals surface area (Å²) in [4.78, 5) is 22.3. The second-order valence-electron chi connectivity index (χ2n) is 3.81. The number of H-pyrrole nitrogens is 1. The van der Waals surface area contributed by atoms with Crippen LogP contribution in [-0.4, -0.2) is 32.3 Å². The number of carboxylic acid groups (broad SMARTS) is 1. The number of aromatic nitrogens is 2. The average Bonchev–Trinajstić information content (AvgIpc) is 2.89. The van der Waals surface area contributed by atoms with Crippen LogP contribution in [0.5, 0.6) is 5.75 Å². The average molecular weight is 301 g/mol. The molecule has 0 radical (unpaired) electrons. The number of anilines is 1. The number of aromatic carboxylic acids is 1. The fourth-order valence-corrected chi connectivity index (χ4v) is 1.43. The second kappa shape index (κ2) is 5.15. The number of phenols is 1. The summed E-state index contributed by atoms with van der Waals surface area (Å²) < 4.78 is 39.4. The van der Waals surface area contributed by atoms with Crippen LogP contribution < -0.4 is 5.32 Å². The normalized spacial score (nSPS) is 10.4. The summed E-state index contributed by atoms with van der Waals surface area (Å²) in [6, 6.07) is 1.18. The molecule has 1 heterocycles. The molecular formula is C11H6F3N3O4. The lowest BCUT2D eigenvalue weighted by Crippen LogP contribution is -2.15. The van der Waals surface area contributed by atoms with Gasteiger partial charge in [0.15, 0.2) is 23.2 Å². The lowest BCUT2D eigenvalue weighted by molar-refractivity contribution is 0.0690. The number of amides is 1. The van der Waals surface area contributed by atoms with Crippen molar-refractivity contribution in [2.45, 2.75) is 0 Å². The first-order valence-corrected chi connectivity index (χ1v) is 5.27. The summed E-state index contributed by atoms with van der Waals surface area (Å²) in [6.45, 7) is 0. The van der Waals surface area contributed by atoms with Crippen LogP contribution in [0.25, 0.3) is 0 Å². The van der Waals surface area contributed by atoms with E-state index in [0.29, 0.717) is 0 Å². The van der Waals surface area contributed by atoms with Crippen LogP contribution in [-0.2, 0) is 0 Å². The highest BCUT2D eigenvalue weighted by molar-refractivity contribution is 6.04. The molecule has 4 N–H and O–H groups in total. The first-order valence-electron chi connectivity index (χ1n) is 5.27. The molecule has 1 amide bonds. The van der Waals surface area contributed by atoms with E-state index in [1.165, 1.54) is 0 Å². The van der Waals surface area contributed by atoms with E-state index < -0.39 is 40.6 Å².